The number of β-amino-alcohol motifs (C(OH)–C–C–N with tert-alkyl or cyclic N) is 1. The number of hydrogen-bond donors (Lipinski definition) is 1. The van der Waals surface area contributed by atoms with Gasteiger partial charge in [-0.15, -0.1) is 0 Å². The minimum atomic E-state index is -0.338. The van der Waals surface area contributed by atoms with Crippen LogP contribution in [0.15, 0.2) is 0 Å². The predicted octanol–water partition coefficient (Wildman–Crippen LogP) is 1.48. The molecule has 1 heterocycles. The first-order valence-electron chi connectivity index (χ1n) is 7.16. The molecule has 1 saturated heterocycles. The van der Waals surface area contributed by atoms with Gasteiger partial charge >= 0.3 is 0 Å². The van der Waals surface area contributed by atoms with Gasteiger partial charge in [0.25, 0.3) is 0 Å². The molecule has 1 aliphatic heterocycles. The van der Waals surface area contributed by atoms with Crippen LogP contribution in [0.3, 0.4) is 0 Å². The molecule has 4 nitrogen and oxygen atoms in total. The second-order valence-electron chi connectivity index (χ2n) is 5.66. The van der Waals surface area contributed by atoms with Crippen molar-refractivity contribution in [3.8, 4) is 0 Å². The lowest BCUT2D eigenvalue weighted by Gasteiger charge is -2.26. The van der Waals surface area contributed by atoms with Gasteiger partial charge in [-0.2, -0.15) is 0 Å². The van der Waals surface area contributed by atoms with Crippen molar-refractivity contribution in [3.05, 3.63) is 0 Å². The van der Waals surface area contributed by atoms with Crippen molar-refractivity contribution in [3.63, 3.8) is 0 Å². The van der Waals surface area contributed by atoms with Gasteiger partial charge in [0.05, 0.1) is 6.10 Å². The number of unbranched alkanes of at least 4 members (excludes halogenated alkanes) is 3. The SMILES string of the molecule is CCCCCCC(=O)N1CC(O)CC1CN(C)C. The minimum Gasteiger partial charge on any atom is -0.391 e. The Morgan fingerprint density at radius 2 is 2.06 bits per heavy atom. The molecule has 1 amide bonds. The highest BCUT2D eigenvalue weighted by molar-refractivity contribution is 5.76. The van der Waals surface area contributed by atoms with Crippen LogP contribution in [0.4, 0.5) is 0 Å². The van der Waals surface area contributed by atoms with Crippen molar-refractivity contribution in [1.82, 2.24) is 9.80 Å². The molecule has 1 rings (SSSR count). The second-order valence-corrected chi connectivity index (χ2v) is 5.66. The van der Waals surface area contributed by atoms with Gasteiger partial charge in [0.1, 0.15) is 0 Å². The summed E-state index contributed by atoms with van der Waals surface area (Å²) < 4.78 is 0. The summed E-state index contributed by atoms with van der Waals surface area (Å²) in [7, 11) is 4.02. The first-order chi connectivity index (χ1) is 8.54. The maximum Gasteiger partial charge on any atom is 0.222 e. The number of nitrogens with zero attached hydrogens (tertiary/aromatic N) is 2. The molecular formula is C14H28N2O2. The molecule has 0 spiro atoms. The molecule has 2 unspecified atom stereocenters. The number of aliphatic hydroxyl groups is 1. The van der Waals surface area contributed by atoms with Gasteiger partial charge in [0.15, 0.2) is 0 Å². The Kier molecular flexibility index (Phi) is 6.65. The van der Waals surface area contributed by atoms with Crippen molar-refractivity contribution < 1.29 is 9.90 Å². The number of amides is 1. The fourth-order valence-electron chi connectivity index (χ4n) is 2.64. The van der Waals surface area contributed by atoms with E-state index in [1.165, 1.54) is 12.8 Å². The average Bonchev–Trinajstić information content (AvgIpc) is 2.64. The summed E-state index contributed by atoms with van der Waals surface area (Å²) in [6, 6.07) is 0.189. The smallest absolute Gasteiger partial charge is 0.222 e. The zero-order chi connectivity index (χ0) is 13.5. The van der Waals surface area contributed by atoms with E-state index in [9.17, 15) is 9.90 Å². The zero-order valence-electron chi connectivity index (χ0n) is 12.1. The number of carbonyl (C=O) groups is 1. The van der Waals surface area contributed by atoms with Crippen LogP contribution in [-0.4, -0.2) is 60.1 Å². The number of hydrogen-bond acceptors (Lipinski definition) is 3. The maximum atomic E-state index is 12.1. The Morgan fingerprint density at radius 3 is 2.67 bits per heavy atom. The molecule has 0 bridgehead atoms. The van der Waals surface area contributed by atoms with E-state index >= 15 is 0 Å². The van der Waals surface area contributed by atoms with Crippen molar-refractivity contribution in [2.24, 2.45) is 0 Å². The van der Waals surface area contributed by atoms with Crippen LogP contribution in [0.1, 0.15) is 45.4 Å². The molecule has 1 aliphatic rings. The summed E-state index contributed by atoms with van der Waals surface area (Å²) in [5, 5.41) is 9.73. The summed E-state index contributed by atoms with van der Waals surface area (Å²) in [5.41, 5.74) is 0. The Balaban J connectivity index is 2.38. The molecule has 0 aromatic carbocycles. The number of likely N-dealkylation sites (N-methyl/N-ethyl adjacent to an activating group) is 1. The quantitative estimate of drug-likeness (QED) is 0.702. The monoisotopic (exact) mass is 256 g/mol. The third-order valence-electron chi connectivity index (χ3n) is 3.53. The van der Waals surface area contributed by atoms with Gasteiger partial charge in [-0.3, -0.25) is 4.79 Å². The first kappa shape index (κ1) is 15.4. The zero-order valence-corrected chi connectivity index (χ0v) is 12.1. The lowest BCUT2D eigenvalue weighted by atomic mass is 10.1. The summed E-state index contributed by atoms with van der Waals surface area (Å²) in [4.78, 5) is 16.1. The van der Waals surface area contributed by atoms with Crippen LogP contribution in [0.2, 0.25) is 0 Å². The fourth-order valence-corrected chi connectivity index (χ4v) is 2.64. The fraction of sp³-hybridized carbons (Fsp3) is 0.929. The van der Waals surface area contributed by atoms with Crippen molar-refractivity contribution in [2.45, 2.75) is 57.6 Å². The van der Waals surface area contributed by atoms with Crippen LogP contribution in [-0.2, 0) is 4.79 Å². The Bertz CT molecular complexity index is 256. The van der Waals surface area contributed by atoms with E-state index in [2.05, 4.69) is 11.8 Å². The Labute approximate surface area is 111 Å². The van der Waals surface area contributed by atoms with Gasteiger partial charge in [-0.25, -0.2) is 0 Å². The van der Waals surface area contributed by atoms with Crippen LogP contribution >= 0.6 is 0 Å². The normalized spacial score (nSPS) is 23.9. The van der Waals surface area contributed by atoms with E-state index < -0.39 is 0 Å². The van der Waals surface area contributed by atoms with Gasteiger partial charge in [0.2, 0.25) is 5.91 Å². The summed E-state index contributed by atoms with van der Waals surface area (Å²) in [6.07, 6.45) is 5.53. The third-order valence-corrected chi connectivity index (χ3v) is 3.53. The molecular weight excluding hydrogens is 228 g/mol. The maximum absolute atomic E-state index is 12.1. The number of likely N-dealkylation sites (tertiary alicyclic amines) is 1. The minimum absolute atomic E-state index is 0.189. The first-order valence-corrected chi connectivity index (χ1v) is 7.16. The molecule has 18 heavy (non-hydrogen) atoms. The molecule has 0 aromatic heterocycles. The Morgan fingerprint density at radius 1 is 1.33 bits per heavy atom. The lowest BCUT2D eigenvalue weighted by Crippen LogP contribution is -2.41. The molecule has 1 N–H and O–H groups in total. The third kappa shape index (κ3) is 4.94. The lowest BCUT2D eigenvalue weighted by molar-refractivity contribution is -0.132. The van der Waals surface area contributed by atoms with Crippen LogP contribution in [0.5, 0.6) is 0 Å². The summed E-state index contributed by atoms with van der Waals surface area (Å²) >= 11 is 0. The second kappa shape index (κ2) is 7.74. The largest absolute Gasteiger partial charge is 0.391 e. The van der Waals surface area contributed by atoms with E-state index in [1.54, 1.807) is 0 Å². The van der Waals surface area contributed by atoms with E-state index in [1.807, 2.05) is 19.0 Å². The van der Waals surface area contributed by atoms with E-state index in [4.69, 9.17) is 0 Å². The highest BCUT2D eigenvalue weighted by Gasteiger charge is 2.33. The van der Waals surface area contributed by atoms with E-state index in [0.29, 0.717) is 13.0 Å². The highest BCUT2D eigenvalue weighted by atomic mass is 16.3. The topological polar surface area (TPSA) is 43.8 Å². The van der Waals surface area contributed by atoms with E-state index in [0.717, 1.165) is 25.8 Å². The van der Waals surface area contributed by atoms with Crippen LogP contribution in [0, 0.1) is 0 Å². The standard InChI is InChI=1S/C14H28N2O2/c1-4-5-6-7-8-14(18)16-11-13(17)9-12(16)10-15(2)3/h12-13,17H,4-11H2,1-3H3. The van der Waals surface area contributed by atoms with Crippen LogP contribution in [0.25, 0.3) is 0 Å². The molecule has 106 valence electrons. The van der Waals surface area contributed by atoms with Crippen molar-refractivity contribution in [1.29, 1.82) is 0 Å². The van der Waals surface area contributed by atoms with Gasteiger partial charge in [0, 0.05) is 25.6 Å². The van der Waals surface area contributed by atoms with E-state index in [-0.39, 0.29) is 18.1 Å². The van der Waals surface area contributed by atoms with Gasteiger partial charge < -0.3 is 14.9 Å². The average molecular weight is 256 g/mol. The van der Waals surface area contributed by atoms with Crippen LogP contribution < -0.4 is 0 Å². The molecule has 2 atom stereocenters. The number of aliphatic hydroxyl groups excluding tert-OH is 1. The molecule has 4 heteroatoms. The predicted molar refractivity (Wildman–Crippen MR) is 73.4 cm³/mol. The number of rotatable bonds is 7. The molecule has 0 saturated carbocycles. The van der Waals surface area contributed by atoms with Gasteiger partial charge in [-0.1, -0.05) is 26.2 Å². The molecule has 0 aromatic rings. The summed E-state index contributed by atoms with van der Waals surface area (Å²) in [6.45, 7) is 3.54. The van der Waals surface area contributed by atoms with Crippen molar-refractivity contribution in [2.75, 3.05) is 27.2 Å². The molecule has 0 radical (unpaired) electrons. The summed E-state index contributed by atoms with van der Waals surface area (Å²) in [5.74, 6) is 0.217. The van der Waals surface area contributed by atoms with Crippen molar-refractivity contribution >= 4 is 5.91 Å². The number of carbonyl (C=O) groups excluding carboxylic acids is 1. The highest BCUT2D eigenvalue weighted by Crippen LogP contribution is 2.20. The molecule has 0 aliphatic carbocycles. The molecule has 1 fully saturated rings. The Hall–Kier alpha value is -0.610. The van der Waals surface area contributed by atoms with Gasteiger partial charge in [-0.05, 0) is 26.9 Å².